The number of nitrogens with one attached hydrogen (secondary N) is 1. The Labute approximate surface area is 370 Å². The van der Waals surface area contributed by atoms with E-state index in [0.29, 0.717) is 91.6 Å². The van der Waals surface area contributed by atoms with E-state index in [2.05, 4.69) is 40.6 Å². The number of nitrogens with zero attached hydrogens (tertiary/aromatic N) is 4. The van der Waals surface area contributed by atoms with Gasteiger partial charge in [0.25, 0.3) is 5.91 Å². The first-order chi connectivity index (χ1) is 30.1. The van der Waals surface area contributed by atoms with Crippen LogP contribution in [0, 0.1) is 0 Å². The molecule has 2 aliphatic heterocycles. The highest BCUT2D eigenvalue weighted by Crippen LogP contribution is 2.37. The molecule has 2 aliphatic rings. The number of hydroxylamine groups is 2. The molecule has 2 unspecified atom stereocenters. The molecule has 2 amide bonds. The number of hydrogen-bond donors (Lipinski definition) is 2. The van der Waals surface area contributed by atoms with Gasteiger partial charge in [0.15, 0.2) is 29.3 Å². The summed E-state index contributed by atoms with van der Waals surface area (Å²) in [6.07, 6.45) is 6.42. The van der Waals surface area contributed by atoms with Crippen LogP contribution in [-0.4, -0.2) is 112 Å². The molecule has 1 fully saturated rings. The third-order valence-electron chi connectivity index (χ3n) is 10.7. The van der Waals surface area contributed by atoms with Gasteiger partial charge in [0, 0.05) is 62.3 Å². The van der Waals surface area contributed by atoms with Crippen LogP contribution in [-0.2, 0) is 35.8 Å². The molecule has 15 nitrogen and oxygen atoms in total. The Hall–Kier alpha value is -6.03. The number of amides is 2. The zero-order valence-corrected chi connectivity index (χ0v) is 37.5. The van der Waals surface area contributed by atoms with E-state index >= 15 is 0 Å². The first-order valence-corrected chi connectivity index (χ1v) is 21.0. The monoisotopic (exact) mass is 867 g/mol. The second-order valence-electron chi connectivity index (χ2n) is 16.4. The van der Waals surface area contributed by atoms with Crippen LogP contribution in [0.4, 0.5) is 10.5 Å². The van der Waals surface area contributed by atoms with Crippen LogP contribution in [0.2, 0.25) is 0 Å². The summed E-state index contributed by atoms with van der Waals surface area (Å²) in [5.74, 6) is 1.64. The highest BCUT2D eigenvalue weighted by molar-refractivity contribution is 5.99. The van der Waals surface area contributed by atoms with Crippen LogP contribution in [0.3, 0.4) is 0 Å². The first-order valence-electron chi connectivity index (χ1n) is 21.0. The van der Waals surface area contributed by atoms with Gasteiger partial charge in [-0.2, -0.15) is 5.06 Å². The molecule has 2 N–H and O–H groups in total. The van der Waals surface area contributed by atoms with Crippen molar-refractivity contribution in [2.75, 3.05) is 48.1 Å². The number of benzene rings is 3. The Balaban J connectivity index is 1.37. The van der Waals surface area contributed by atoms with E-state index in [9.17, 15) is 14.4 Å². The highest BCUT2D eigenvalue weighted by Gasteiger charge is 2.33. The molecular weight excluding hydrogens is 807 g/mol. The van der Waals surface area contributed by atoms with Gasteiger partial charge in [-0.25, -0.2) is 4.79 Å². The molecule has 0 bridgehead atoms. The van der Waals surface area contributed by atoms with Crippen molar-refractivity contribution >= 4 is 36.4 Å². The molecule has 2 atom stereocenters. The minimum atomic E-state index is -1.17. The number of ether oxygens (including phenoxy) is 5. The molecule has 2 heterocycles. The molecule has 0 aromatic heterocycles. The third-order valence-corrected chi connectivity index (χ3v) is 10.7. The summed E-state index contributed by atoms with van der Waals surface area (Å²) in [4.78, 5) is 53.2. The summed E-state index contributed by atoms with van der Waals surface area (Å²) >= 11 is 0. The molecule has 63 heavy (non-hydrogen) atoms. The molecule has 3 aromatic rings. The zero-order chi connectivity index (χ0) is 45.7. The lowest BCUT2D eigenvalue weighted by Gasteiger charge is -2.26. The van der Waals surface area contributed by atoms with Gasteiger partial charge in [-0.05, 0) is 100 Å². The van der Waals surface area contributed by atoms with Crippen LogP contribution >= 0.6 is 0 Å². The molecule has 15 heteroatoms. The van der Waals surface area contributed by atoms with E-state index < -0.39 is 11.7 Å². The highest BCUT2D eigenvalue weighted by atomic mass is 16.7. The average molecular weight is 868 g/mol. The van der Waals surface area contributed by atoms with E-state index in [1.165, 1.54) is 14.2 Å². The summed E-state index contributed by atoms with van der Waals surface area (Å²) in [7, 11) is 6.26. The Kier molecular flexibility index (Phi) is 17.0. The lowest BCUT2D eigenvalue weighted by molar-refractivity contribution is -0.132. The topological polar surface area (TPSA) is 170 Å². The Morgan fingerprint density at radius 2 is 1.70 bits per heavy atom. The van der Waals surface area contributed by atoms with Gasteiger partial charge in [-0.1, -0.05) is 29.9 Å². The van der Waals surface area contributed by atoms with E-state index in [1.807, 2.05) is 46.2 Å². The van der Waals surface area contributed by atoms with E-state index in [4.69, 9.17) is 33.6 Å². The number of carbonyl (C=O) groups is 3. The summed E-state index contributed by atoms with van der Waals surface area (Å²) in [6, 6.07) is 12.9. The summed E-state index contributed by atoms with van der Waals surface area (Å²) < 4.78 is 30.4. The number of aryl methyl sites for hydroxylation is 1. The Bertz CT molecular complexity index is 2200. The fourth-order valence-corrected chi connectivity index (χ4v) is 7.29. The van der Waals surface area contributed by atoms with Gasteiger partial charge in [-0.3, -0.25) is 24.4 Å². The molecule has 0 spiro atoms. The second-order valence-corrected chi connectivity index (χ2v) is 16.4. The minimum Gasteiger partial charge on any atom is -0.493 e. The summed E-state index contributed by atoms with van der Waals surface area (Å²) in [5.41, 5.74) is 6.29. The van der Waals surface area contributed by atoms with Crippen molar-refractivity contribution in [1.82, 2.24) is 15.3 Å². The quantitative estimate of drug-likeness (QED) is 0.0312. The van der Waals surface area contributed by atoms with Gasteiger partial charge in [-0.15, -0.1) is 6.58 Å². The Morgan fingerprint density at radius 3 is 2.33 bits per heavy atom. The lowest BCUT2D eigenvalue weighted by atomic mass is 10.0. The normalized spacial score (nSPS) is 15.3. The molecule has 5 rings (SSSR count). The molecular formula is C48H61N5O10. The molecule has 1 saturated heterocycles. The number of hydrogen-bond acceptors (Lipinski definition) is 12. The maximum Gasteiger partial charge on any atom is 0.431 e. The maximum atomic E-state index is 13.7. The van der Waals surface area contributed by atoms with E-state index in [-0.39, 0.29) is 37.8 Å². The van der Waals surface area contributed by atoms with Gasteiger partial charge >= 0.3 is 6.09 Å². The average Bonchev–Trinajstić information content (AvgIpc) is 3.63. The number of carboxylic acid groups (broad SMARTS) is 1. The fraction of sp³-hybridized carbons (Fsp3) is 0.438. The van der Waals surface area contributed by atoms with E-state index in [0.717, 1.165) is 44.7 Å². The van der Waals surface area contributed by atoms with Crippen LogP contribution in [0.15, 0.2) is 76.8 Å². The smallest absolute Gasteiger partial charge is 0.431 e. The number of carbonyl (C=O) groups excluding carboxylic acids is 2. The molecule has 0 aliphatic carbocycles. The predicted molar refractivity (Wildman–Crippen MR) is 242 cm³/mol. The molecule has 338 valence electrons. The van der Waals surface area contributed by atoms with Crippen molar-refractivity contribution in [1.29, 1.82) is 0 Å². The Morgan fingerprint density at radius 1 is 1.03 bits per heavy atom. The molecule has 0 saturated carbocycles. The zero-order valence-electron chi connectivity index (χ0n) is 37.5. The van der Waals surface area contributed by atoms with Crippen molar-refractivity contribution in [3.8, 4) is 23.0 Å². The summed E-state index contributed by atoms with van der Waals surface area (Å²) in [6.45, 7) is 15.7. The van der Waals surface area contributed by atoms with Crippen molar-refractivity contribution in [3.63, 3.8) is 0 Å². The lowest BCUT2D eigenvalue weighted by Crippen LogP contribution is -2.37. The first kappa shape index (κ1) is 48.0. The van der Waals surface area contributed by atoms with Crippen molar-refractivity contribution in [3.05, 3.63) is 100 Å². The van der Waals surface area contributed by atoms with Crippen molar-refractivity contribution in [2.45, 2.75) is 90.3 Å². The van der Waals surface area contributed by atoms with Crippen molar-refractivity contribution < 1.29 is 48.0 Å². The van der Waals surface area contributed by atoms with Crippen LogP contribution in [0.25, 0.3) is 0 Å². The third kappa shape index (κ3) is 13.5. The van der Waals surface area contributed by atoms with E-state index in [1.54, 1.807) is 36.4 Å². The fourth-order valence-electron chi connectivity index (χ4n) is 7.29. The maximum absolute atomic E-state index is 13.7. The number of rotatable bonds is 23. The van der Waals surface area contributed by atoms with Crippen LogP contribution < -0.4 is 24.3 Å². The van der Waals surface area contributed by atoms with Crippen LogP contribution in [0.1, 0.15) is 89.4 Å². The van der Waals surface area contributed by atoms with Crippen LogP contribution in [0.5, 0.6) is 23.0 Å². The summed E-state index contributed by atoms with van der Waals surface area (Å²) in [5, 5.41) is 13.0. The number of aliphatic imine (C=N–C) groups is 2. The number of aldehydes is 1. The van der Waals surface area contributed by atoms with Gasteiger partial charge in [0.05, 0.1) is 44.7 Å². The standard InChI is InChI=1S/C48H61N5O10/c1-31(2)15-38(49-6)25-51-41-23-45(42(58-8)21-37(41)28-54)61-30-35-18-33(11-10-13-62-48(4,5)12-14-63-52(7)47(56)57)17-34(19-35)29-60-44-20-36-24-50-26-39-16-32(3)27-53(39)46(55)40(36)22-43(44)59-9/h17-23,25-26,28,38-39,49H,1,3,10-16,24,27,29-30H2,2,4-9H3,(H,56,57). The SMILES string of the molecule is C=C(C)CC(C=Nc1cc(OCc2cc(CCCOC(C)(C)CCON(C)C(=O)O)cc(COc3cc4c(cc3OC)C(=O)N3CC(=C)CC3C=NC4)c2)c(OC)cc1C=O)NC. The second kappa shape index (κ2) is 22.4. The number of methoxy groups -OCH3 is 2. The largest absolute Gasteiger partial charge is 0.493 e. The minimum absolute atomic E-state index is 0.0712. The van der Waals surface area contributed by atoms with Gasteiger partial charge in [0.1, 0.15) is 13.2 Å². The van der Waals surface area contributed by atoms with Gasteiger partial charge in [0.2, 0.25) is 0 Å². The van der Waals surface area contributed by atoms with Gasteiger partial charge < -0.3 is 39.0 Å². The molecule has 3 aromatic carbocycles. The predicted octanol–water partition coefficient (Wildman–Crippen LogP) is 7.95. The molecule has 0 radical (unpaired) electrons. The number of fused-ring (bicyclic) bond motifs is 2. The van der Waals surface area contributed by atoms with Crippen molar-refractivity contribution in [2.24, 2.45) is 9.98 Å².